The van der Waals surface area contributed by atoms with Crippen LogP contribution in [0.1, 0.15) is 25.7 Å². The number of β-amino-alcohol motifs (C(OH)–C–C–N with tert-alkyl or cyclic N) is 1. The van der Waals surface area contributed by atoms with Gasteiger partial charge in [0.2, 0.25) is 0 Å². The first-order chi connectivity index (χ1) is 6.79. The third-order valence-corrected chi connectivity index (χ3v) is 4.37. The minimum Gasteiger partial charge on any atom is -0.387 e. The van der Waals surface area contributed by atoms with Crippen LogP contribution in [0.2, 0.25) is 0 Å². The average molecular weight is 216 g/mol. The first-order valence-electron chi connectivity index (χ1n) is 5.57. The van der Waals surface area contributed by atoms with Crippen LogP contribution in [0.3, 0.4) is 0 Å². The van der Waals surface area contributed by atoms with E-state index in [2.05, 4.69) is 10.6 Å². The van der Waals surface area contributed by atoms with Crippen LogP contribution >= 0.6 is 11.8 Å². The molecule has 0 amide bonds. The monoisotopic (exact) mass is 216 g/mol. The van der Waals surface area contributed by atoms with E-state index in [4.69, 9.17) is 0 Å². The van der Waals surface area contributed by atoms with E-state index in [1.54, 1.807) is 0 Å². The second kappa shape index (κ2) is 4.84. The topological polar surface area (TPSA) is 44.3 Å². The molecule has 0 aromatic heterocycles. The van der Waals surface area contributed by atoms with Gasteiger partial charge in [0.1, 0.15) is 0 Å². The molecule has 0 aromatic carbocycles. The molecule has 2 fully saturated rings. The smallest absolute Gasteiger partial charge is 0.0895 e. The maximum Gasteiger partial charge on any atom is 0.0895 e. The van der Waals surface area contributed by atoms with E-state index in [1.165, 1.54) is 18.6 Å². The predicted molar refractivity (Wildman–Crippen MR) is 60.5 cm³/mol. The van der Waals surface area contributed by atoms with Gasteiger partial charge in [-0.2, -0.15) is 0 Å². The van der Waals surface area contributed by atoms with E-state index in [1.807, 2.05) is 11.8 Å². The second-order valence-electron chi connectivity index (χ2n) is 4.39. The van der Waals surface area contributed by atoms with Crippen molar-refractivity contribution in [2.75, 3.05) is 25.4 Å². The molecular formula is C10H20N2OS. The maximum atomic E-state index is 10.2. The minimum atomic E-state index is -0.499. The molecule has 14 heavy (non-hydrogen) atoms. The highest BCUT2D eigenvalue weighted by atomic mass is 32.2. The number of rotatable bonds is 3. The molecule has 3 nitrogen and oxygen atoms in total. The number of thioether (sulfide) groups is 1. The fraction of sp³-hybridized carbons (Fsp3) is 1.00. The SMILES string of the molecule is OC1(CNC2CCCS2)CCCNC1. The van der Waals surface area contributed by atoms with Crippen molar-refractivity contribution >= 4 is 11.8 Å². The van der Waals surface area contributed by atoms with Crippen LogP contribution in [0.15, 0.2) is 0 Å². The van der Waals surface area contributed by atoms with Gasteiger partial charge in [-0.3, -0.25) is 0 Å². The van der Waals surface area contributed by atoms with Gasteiger partial charge in [-0.05, 0) is 38.0 Å². The maximum absolute atomic E-state index is 10.2. The average Bonchev–Trinajstić information content (AvgIpc) is 2.69. The van der Waals surface area contributed by atoms with Gasteiger partial charge in [0.15, 0.2) is 0 Å². The number of piperidine rings is 1. The first kappa shape index (κ1) is 10.7. The zero-order chi connectivity index (χ0) is 9.86. The summed E-state index contributed by atoms with van der Waals surface area (Å²) in [5.74, 6) is 1.27. The Morgan fingerprint density at radius 3 is 3.07 bits per heavy atom. The van der Waals surface area contributed by atoms with Crippen LogP contribution in [-0.2, 0) is 0 Å². The lowest BCUT2D eigenvalue weighted by Gasteiger charge is -2.33. The summed E-state index contributed by atoms with van der Waals surface area (Å²) in [6.45, 7) is 2.55. The van der Waals surface area contributed by atoms with Gasteiger partial charge in [0.05, 0.1) is 11.0 Å². The van der Waals surface area contributed by atoms with Crippen molar-refractivity contribution in [1.29, 1.82) is 0 Å². The van der Waals surface area contributed by atoms with Crippen LogP contribution in [0, 0.1) is 0 Å². The standard InChI is InChI=1S/C10H20N2OS/c13-10(4-2-5-11-7-10)8-12-9-3-1-6-14-9/h9,11-13H,1-8H2. The van der Waals surface area contributed by atoms with Crippen LogP contribution in [0.25, 0.3) is 0 Å². The zero-order valence-electron chi connectivity index (χ0n) is 8.59. The molecule has 2 aliphatic heterocycles. The van der Waals surface area contributed by atoms with Crippen LogP contribution in [-0.4, -0.2) is 41.5 Å². The lowest BCUT2D eigenvalue weighted by molar-refractivity contribution is 0.0167. The second-order valence-corrected chi connectivity index (χ2v) is 5.70. The zero-order valence-corrected chi connectivity index (χ0v) is 9.41. The molecule has 2 atom stereocenters. The fourth-order valence-corrected chi connectivity index (χ4v) is 3.30. The summed E-state index contributed by atoms with van der Waals surface area (Å²) in [5, 5.41) is 17.5. The summed E-state index contributed by atoms with van der Waals surface area (Å²) in [5.41, 5.74) is -0.499. The van der Waals surface area contributed by atoms with E-state index in [9.17, 15) is 5.11 Å². The summed E-state index contributed by atoms with van der Waals surface area (Å²) < 4.78 is 0. The molecule has 0 aromatic rings. The van der Waals surface area contributed by atoms with Crippen molar-refractivity contribution < 1.29 is 5.11 Å². The number of hydrogen-bond acceptors (Lipinski definition) is 4. The molecule has 0 radical (unpaired) electrons. The highest BCUT2D eigenvalue weighted by Gasteiger charge is 2.30. The molecule has 0 saturated carbocycles. The fourth-order valence-electron chi connectivity index (χ4n) is 2.15. The first-order valence-corrected chi connectivity index (χ1v) is 6.61. The van der Waals surface area contributed by atoms with E-state index in [0.29, 0.717) is 5.37 Å². The van der Waals surface area contributed by atoms with Crippen molar-refractivity contribution in [3.05, 3.63) is 0 Å². The van der Waals surface area contributed by atoms with E-state index in [0.717, 1.165) is 32.5 Å². The summed E-state index contributed by atoms with van der Waals surface area (Å²) >= 11 is 1.99. The summed E-state index contributed by atoms with van der Waals surface area (Å²) in [6.07, 6.45) is 4.60. The van der Waals surface area contributed by atoms with E-state index >= 15 is 0 Å². The Hall–Kier alpha value is 0.230. The quantitative estimate of drug-likeness (QED) is 0.644. The molecule has 0 aliphatic carbocycles. The largest absolute Gasteiger partial charge is 0.387 e. The van der Waals surface area contributed by atoms with Crippen molar-refractivity contribution in [2.45, 2.75) is 36.7 Å². The van der Waals surface area contributed by atoms with Crippen LogP contribution in [0.5, 0.6) is 0 Å². The number of nitrogens with one attached hydrogen (secondary N) is 2. The molecule has 3 N–H and O–H groups in total. The Morgan fingerprint density at radius 2 is 2.43 bits per heavy atom. The molecule has 4 heteroatoms. The van der Waals surface area contributed by atoms with Gasteiger partial charge < -0.3 is 15.7 Å². The van der Waals surface area contributed by atoms with Crippen LogP contribution < -0.4 is 10.6 Å². The summed E-state index contributed by atoms with van der Waals surface area (Å²) in [6, 6.07) is 0. The van der Waals surface area contributed by atoms with Crippen molar-refractivity contribution in [1.82, 2.24) is 10.6 Å². The third-order valence-electron chi connectivity index (χ3n) is 3.04. The molecule has 2 aliphatic rings. The van der Waals surface area contributed by atoms with E-state index in [-0.39, 0.29) is 0 Å². The molecule has 82 valence electrons. The molecule has 2 heterocycles. The van der Waals surface area contributed by atoms with Crippen molar-refractivity contribution in [3.8, 4) is 0 Å². The molecule has 0 spiro atoms. The minimum absolute atomic E-state index is 0.499. The van der Waals surface area contributed by atoms with Gasteiger partial charge in [-0.25, -0.2) is 0 Å². The highest BCUT2D eigenvalue weighted by molar-refractivity contribution is 8.00. The van der Waals surface area contributed by atoms with Gasteiger partial charge in [-0.15, -0.1) is 11.8 Å². The number of hydrogen-bond donors (Lipinski definition) is 3. The summed E-state index contributed by atoms with van der Waals surface area (Å²) in [7, 11) is 0. The number of aliphatic hydroxyl groups is 1. The molecule has 0 bridgehead atoms. The van der Waals surface area contributed by atoms with Crippen molar-refractivity contribution in [3.63, 3.8) is 0 Å². The molecule has 2 saturated heterocycles. The van der Waals surface area contributed by atoms with Gasteiger partial charge >= 0.3 is 0 Å². The Balaban J connectivity index is 1.72. The van der Waals surface area contributed by atoms with Gasteiger partial charge in [0, 0.05) is 13.1 Å². The third kappa shape index (κ3) is 2.86. The Labute approximate surface area is 90.0 Å². The lowest BCUT2D eigenvalue weighted by atomic mass is 9.94. The Bertz CT molecular complexity index is 177. The predicted octanol–water partition coefficient (Wildman–Crippen LogP) is 0.544. The van der Waals surface area contributed by atoms with Crippen LogP contribution in [0.4, 0.5) is 0 Å². The Morgan fingerprint density at radius 1 is 1.50 bits per heavy atom. The molecular weight excluding hydrogens is 196 g/mol. The molecule has 2 rings (SSSR count). The molecule has 2 unspecified atom stereocenters. The summed E-state index contributed by atoms with van der Waals surface area (Å²) in [4.78, 5) is 0. The van der Waals surface area contributed by atoms with E-state index < -0.39 is 5.60 Å². The normalized spacial score (nSPS) is 38.8. The van der Waals surface area contributed by atoms with Crippen molar-refractivity contribution in [2.24, 2.45) is 0 Å². The highest BCUT2D eigenvalue weighted by Crippen LogP contribution is 2.24. The lowest BCUT2D eigenvalue weighted by Crippen LogP contribution is -2.52. The van der Waals surface area contributed by atoms with Gasteiger partial charge in [-0.1, -0.05) is 0 Å². The Kier molecular flexibility index (Phi) is 3.71. The van der Waals surface area contributed by atoms with Gasteiger partial charge in [0.25, 0.3) is 0 Å².